The van der Waals surface area contributed by atoms with E-state index in [0.29, 0.717) is 6.61 Å². The summed E-state index contributed by atoms with van der Waals surface area (Å²) in [5, 5.41) is 0. The summed E-state index contributed by atoms with van der Waals surface area (Å²) in [4.78, 5) is 11.5. The van der Waals surface area contributed by atoms with Gasteiger partial charge < -0.3 is 14.2 Å². The highest BCUT2D eigenvalue weighted by Crippen LogP contribution is 2.32. The highest BCUT2D eigenvalue weighted by atomic mass is 19.3. The van der Waals surface area contributed by atoms with Gasteiger partial charge >= 0.3 is 5.97 Å². The van der Waals surface area contributed by atoms with Gasteiger partial charge in [0.1, 0.15) is 0 Å². The summed E-state index contributed by atoms with van der Waals surface area (Å²) in [6.07, 6.45) is 6.16. The molecule has 27 heavy (non-hydrogen) atoms. The number of ether oxygens (including phenoxy) is 3. The Morgan fingerprint density at radius 3 is 2.26 bits per heavy atom. The van der Waals surface area contributed by atoms with Crippen molar-refractivity contribution in [1.29, 1.82) is 0 Å². The Morgan fingerprint density at radius 2 is 1.67 bits per heavy atom. The Bertz CT molecular complexity index is 564. The molecule has 1 aromatic rings. The maximum Gasteiger partial charge on any atom is 0.338 e. The lowest BCUT2D eigenvalue weighted by Crippen LogP contribution is -2.11. The van der Waals surface area contributed by atoms with E-state index >= 15 is 0 Å². The summed E-state index contributed by atoms with van der Waals surface area (Å²) in [5.41, 5.74) is -1.54. The average Bonchev–Trinajstić information content (AvgIpc) is 2.65. The molecule has 4 nitrogen and oxygen atoms in total. The first kappa shape index (κ1) is 23.3. The smallest absolute Gasteiger partial charge is 0.338 e. The zero-order chi connectivity index (χ0) is 20.1. The lowest BCUT2D eigenvalue weighted by atomic mass is 10.1. The minimum atomic E-state index is -3.17. The summed E-state index contributed by atoms with van der Waals surface area (Å²) in [6, 6.07) is 2.18. The lowest BCUT2D eigenvalue weighted by Gasteiger charge is -2.13. The van der Waals surface area contributed by atoms with Crippen LogP contribution in [0, 0.1) is 5.82 Å². The zero-order valence-corrected chi connectivity index (χ0v) is 16.1. The van der Waals surface area contributed by atoms with Gasteiger partial charge in [-0.3, -0.25) is 0 Å². The first-order valence-electron chi connectivity index (χ1n) is 9.42. The molecule has 0 unspecified atom stereocenters. The van der Waals surface area contributed by atoms with Gasteiger partial charge in [-0.1, -0.05) is 51.9 Å². The number of hydrogen-bond donors (Lipinski definition) is 0. The number of methoxy groups -OCH3 is 1. The minimum absolute atomic E-state index is 0.242. The molecule has 0 fully saturated rings. The average molecular weight is 390 g/mol. The first-order chi connectivity index (χ1) is 13.0. The molecule has 0 spiro atoms. The molecule has 154 valence electrons. The van der Waals surface area contributed by atoms with Crippen LogP contribution in [0.25, 0.3) is 0 Å². The molecule has 0 aromatic heterocycles. The largest absolute Gasteiger partial charge is 0.465 e. The Morgan fingerprint density at radius 1 is 1.04 bits per heavy atom. The van der Waals surface area contributed by atoms with Gasteiger partial charge in [0.15, 0.2) is 18.4 Å². The van der Waals surface area contributed by atoms with Crippen LogP contribution in [0.3, 0.4) is 0 Å². The van der Waals surface area contributed by atoms with Crippen LogP contribution in [-0.2, 0) is 9.47 Å². The van der Waals surface area contributed by atoms with Gasteiger partial charge in [-0.05, 0) is 18.6 Å². The van der Waals surface area contributed by atoms with Crippen molar-refractivity contribution in [3.8, 4) is 5.75 Å². The second kappa shape index (κ2) is 13.4. The topological polar surface area (TPSA) is 44.8 Å². The van der Waals surface area contributed by atoms with Crippen LogP contribution >= 0.6 is 0 Å². The summed E-state index contributed by atoms with van der Waals surface area (Å²) >= 11 is 0. The third kappa shape index (κ3) is 8.20. The maximum absolute atomic E-state index is 14.2. The lowest BCUT2D eigenvalue weighted by molar-refractivity contribution is 0.0108. The van der Waals surface area contributed by atoms with E-state index in [2.05, 4.69) is 11.7 Å². The van der Waals surface area contributed by atoms with Gasteiger partial charge in [0.2, 0.25) is 0 Å². The molecular weight excluding hydrogens is 361 g/mol. The molecule has 0 aliphatic carbocycles. The van der Waals surface area contributed by atoms with Crippen LogP contribution in [0.4, 0.5) is 13.2 Å². The van der Waals surface area contributed by atoms with Crippen molar-refractivity contribution in [2.24, 2.45) is 0 Å². The predicted molar refractivity (Wildman–Crippen MR) is 96.8 cm³/mol. The fourth-order valence-corrected chi connectivity index (χ4v) is 2.69. The van der Waals surface area contributed by atoms with E-state index in [9.17, 15) is 18.0 Å². The highest BCUT2D eigenvalue weighted by Gasteiger charge is 2.26. The van der Waals surface area contributed by atoms with E-state index in [1.165, 1.54) is 32.1 Å². The van der Waals surface area contributed by atoms with Gasteiger partial charge in [-0.25, -0.2) is 18.0 Å². The minimum Gasteiger partial charge on any atom is -0.465 e. The molecule has 0 saturated heterocycles. The van der Waals surface area contributed by atoms with Crippen LogP contribution in [-0.4, -0.2) is 26.5 Å². The van der Waals surface area contributed by atoms with Crippen molar-refractivity contribution in [3.63, 3.8) is 0 Å². The van der Waals surface area contributed by atoms with Crippen molar-refractivity contribution in [3.05, 3.63) is 29.1 Å². The molecule has 0 heterocycles. The summed E-state index contributed by atoms with van der Waals surface area (Å²) in [7, 11) is 1.04. The number of alkyl halides is 2. The van der Waals surface area contributed by atoms with Crippen molar-refractivity contribution >= 4 is 5.97 Å². The zero-order valence-electron chi connectivity index (χ0n) is 16.1. The second-order valence-corrected chi connectivity index (χ2v) is 6.28. The van der Waals surface area contributed by atoms with E-state index in [1.807, 2.05) is 0 Å². The third-order valence-electron chi connectivity index (χ3n) is 4.21. The third-order valence-corrected chi connectivity index (χ3v) is 4.21. The molecule has 0 aliphatic rings. The number of benzene rings is 1. The number of hydrogen-bond acceptors (Lipinski definition) is 4. The molecule has 7 heteroatoms. The summed E-state index contributed by atoms with van der Waals surface area (Å²) in [6.45, 7) is 2.40. The van der Waals surface area contributed by atoms with Crippen molar-refractivity contribution in [2.75, 3.05) is 20.5 Å². The molecule has 0 atom stereocenters. The van der Waals surface area contributed by atoms with Crippen LogP contribution < -0.4 is 4.74 Å². The molecular formula is C20H29F3O4. The molecule has 0 amide bonds. The fraction of sp³-hybridized carbons (Fsp3) is 0.650. The number of carbonyl (C=O) groups is 1. The van der Waals surface area contributed by atoms with E-state index in [1.54, 1.807) is 0 Å². The van der Waals surface area contributed by atoms with E-state index in [-0.39, 0.29) is 12.5 Å². The van der Waals surface area contributed by atoms with Crippen LogP contribution in [0.15, 0.2) is 12.1 Å². The fourth-order valence-electron chi connectivity index (χ4n) is 2.69. The normalized spacial score (nSPS) is 11.0. The van der Waals surface area contributed by atoms with Gasteiger partial charge in [0.25, 0.3) is 6.43 Å². The van der Waals surface area contributed by atoms with Gasteiger partial charge in [-0.2, -0.15) is 0 Å². The second-order valence-electron chi connectivity index (χ2n) is 6.28. The van der Waals surface area contributed by atoms with E-state index in [4.69, 9.17) is 9.47 Å². The maximum atomic E-state index is 14.2. The first-order valence-corrected chi connectivity index (χ1v) is 9.42. The number of rotatable bonds is 14. The molecule has 0 radical (unpaired) electrons. The summed E-state index contributed by atoms with van der Waals surface area (Å²) < 4.78 is 55.1. The van der Waals surface area contributed by atoms with Crippen molar-refractivity contribution in [2.45, 2.75) is 64.7 Å². The number of esters is 1. The Balaban J connectivity index is 2.35. The molecule has 1 aromatic carbocycles. The van der Waals surface area contributed by atoms with Crippen LogP contribution in [0.5, 0.6) is 5.75 Å². The Labute approximate surface area is 159 Å². The quantitative estimate of drug-likeness (QED) is 0.221. The molecule has 0 bridgehead atoms. The standard InChI is InChI=1S/C20H29F3O4/c1-3-4-5-6-7-8-9-10-13-26-14-27-16-12-11-15(20(24)25-2)17(18(16)21)19(22)23/h11-12,19H,3-10,13-14H2,1-2H3. The van der Waals surface area contributed by atoms with Gasteiger partial charge in [0, 0.05) is 0 Å². The Kier molecular flexibility index (Phi) is 11.6. The van der Waals surface area contributed by atoms with Gasteiger partial charge in [-0.15, -0.1) is 0 Å². The molecule has 1 rings (SSSR count). The molecule has 0 N–H and O–H groups in total. The summed E-state index contributed by atoms with van der Waals surface area (Å²) in [5.74, 6) is -2.68. The highest BCUT2D eigenvalue weighted by molar-refractivity contribution is 5.91. The SMILES string of the molecule is CCCCCCCCCCOCOc1ccc(C(=O)OC)c(C(F)F)c1F. The molecule has 0 saturated carbocycles. The number of carbonyl (C=O) groups excluding carboxylic acids is 1. The van der Waals surface area contributed by atoms with Crippen LogP contribution in [0.2, 0.25) is 0 Å². The Hall–Kier alpha value is -1.76. The van der Waals surface area contributed by atoms with Gasteiger partial charge in [0.05, 0.1) is 24.8 Å². The number of halogens is 3. The van der Waals surface area contributed by atoms with E-state index in [0.717, 1.165) is 38.5 Å². The van der Waals surface area contributed by atoms with Crippen molar-refractivity contribution < 1.29 is 32.2 Å². The van der Waals surface area contributed by atoms with Crippen molar-refractivity contribution in [1.82, 2.24) is 0 Å². The van der Waals surface area contributed by atoms with E-state index < -0.39 is 29.3 Å². The monoisotopic (exact) mass is 390 g/mol. The van der Waals surface area contributed by atoms with Crippen LogP contribution in [0.1, 0.15) is 80.6 Å². The predicted octanol–water partition coefficient (Wildman–Crippen LogP) is 6.04. The molecule has 0 aliphatic heterocycles. The number of unbranched alkanes of at least 4 members (excludes halogenated alkanes) is 7.